The Bertz CT molecular complexity index is 244. The second-order valence-electron chi connectivity index (χ2n) is 2.88. The van der Waals surface area contributed by atoms with Gasteiger partial charge in [-0.3, -0.25) is 0 Å². The van der Waals surface area contributed by atoms with E-state index in [0.717, 1.165) is 11.8 Å². The molecule has 0 aromatic heterocycles. The Balaban J connectivity index is 0.000000288. The Kier molecular flexibility index (Phi) is 8.56. The molecule has 15 heavy (non-hydrogen) atoms. The second-order valence-corrected chi connectivity index (χ2v) is 2.88. The lowest BCUT2D eigenvalue weighted by atomic mass is 10.2. The van der Waals surface area contributed by atoms with Crippen molar-refractivity contribution in [2.45, 2.75) is 12.5 Å². The normalized spacial score (nSPS) is 9.33. The van der Waals surface area contributed by atoms with Crippen LogP contribution in [-0.2, 0) is 11.2 Å². The molecule has 1 aromatic rings. The topological polar surface area (TPSA) is 77.8 Å². The van der Waals surface area contributed by atoms with E-state index >= 15 is 0 Å². The quantitative estimate of drug-likeness (QED) is 0.602. The highest BCUT2D eigenvalue weighted by molar-refractivity contribution is 5.54. The number of hydrogen-bond acceptors (Lipinski definition) is 4. The largest absolute Gasteiger partial charge is 0.394 e. The number of benzene rings is 1. The molecule has 84 valence electrons. The maximum atomic E-state index is 9.97. The first kappa shape index (κ1) is 13.8. The third-order valence-electron chi connectivity index (χ3n) is 1.58. The predicted molar refractivity (Wildman–Crippen MR) is 56.4 cm³/mol. The highest BCUT2D eigenvalue weighted by atomic mass is 16.3. The summed E-state index contributed by atoms with van der Waals surface area (Å²) in [6.45, 7) is -0.729. The molecule has 0 unspecified atom stereocenters. The minimum atomic E-state index is -0.954. The van der Waals surface area contributed by atoms with Gasteiger partial charge < -0.3 is 20.1 Å². The highest BCUT2D eigenvalue weighted by Gasteiger charge is 1.93. The zero-order chi connectivity index (χ0) is 11.5. The number of aliphatic hydroxyl groups is 3. The van der Waals surface area contributed by atoms with E-state index in [1.807, 2.05) is 30.3 Å². The SMILES string of the molecule is O=CCc1ccccc1.OCC(O)CO. The van der Waals surface area contributed by atoms with Gasteiger partial charge in [-0.25, -0.2) is 0 Å². The lowest BCUT2D eigenvalue weighted by Crippen LogP contribution is -2.15. The maximum absolute atomic E-state index is 9.97. The molecule has 0 radical (unpaired) electrons. The fourth-order valence-electron chi connectivity index (χ4n) is 0.768. The number of rotatable bonds is 4. The number of carbonyl (C=O) groups is 1. The van der Waals surface area contributed by atoms with Gasteiger partial charge in [-0.2, -0.15) is 0 Å². The first-order valence-electron chi connectivity index (χ1n) is 4.62. The van der Waals surface area contributed by atoms with Gasteiger partial charge in [-0.05, 0) is 5.56 Å². The van der Waals surface area contributed by atoms with Crippen molar-refractivity contribution >= 4 is 6.29 Å². The molecular formula is C11H16O4. The summed E-state index contributed by atoms with van der Waals surface area (Å²) in [5, 5.41) is 24.0. The first-order chi connectivity index (χ1) is 7.24. The molecule has 0 aliphatic rings. The van der Waals surface area contributed by atoms with Crippen LogP contribution in [0.2, 0.25) is 0 Å². The molecule has 0 heterocycles. The van der Waals surface area contributed by atoms with Crippen LogP contribution in [0.3, 0.4) is 0 Å². The van der Waals surface area contributed by atoms with Crippen molar-refractivity contribution in [1.29, 1.82) is 0 Å². The molecule has 0 saturated carbocycles. The van der Waals surface area contributed by atoms with Crippen molar-refractivity contribution in [3.63, 3.8) is 0 Å². The number of aliphatic hydroxyl groups excluding tert-OH is 3. The van der Waals surface area contributed by atoms with E-state index in [9.17, 15) is 4.79 Å². The monoisotopic (exact) mass is 212 g/mol. The minimum absolute atomic E-state index is 0.365. The van der Waals surface area contributed by atoms with Crippen molar-refractivity contribution in [2.24, 2.45) is 0 Å². The Morgan fingerprint density at radius 3 is 2.00 bits per heavy atom. The smallest absolute Gasteiger partial charge is 0.124 e. The van der Waals surface area contributed by atoms with Gasteiger partial charge in [-0.1, -0.05) is 30.3 Å². The summed E-state index contributed by atoms with van der Waals surface area (Å²) < 4.78 is 0. The summed E-state index contributed by atoms with van der Waals surface area (Å²) in [4.78, 5) is 9.97. The Morgan fingerprint density at radius 2 is 1.67 bits per heavy atom. The Morgan fingerprint density at radius 1 is 1.13 bits per heavy atom. The molecular weight excluding hydrogens is 196 g/mol. The van der Waals surface area contributed by atoms with Gasteiger partial charge in [0.25, 0.3) is 0 Å². The zero-order valence-electron chi connectivity index (χ0n) is 8.41. The van der Waals surface area contributed by atoms with Crippen molar-refractivity contribution in [2.75, 3.05) is 13.2 Å². The van der Waals surface area contributed by atoms with Crippen molar-refractivity contribution in [1.82, 2.24) is 0 Å². The van der Waals surface area contributed by atoms with E-state index in [4.69, 9.17) is 15.3 Å². The maximum Gasteiger partial charge on any atom is 0.124 e. The lowest BCUT2D eigenvalue weighted by Gasteiger charge is -1.96. The van der Waals surface area contributed by atoms with Crippen LogP contribution in [0.25, 0.3) is 0 Å². The summed E-state index contributed by atoms with van der Waals surface area (Å²) in [7, 11) is 0. The molecule has 0 aliphatic heterocycles. The summed E-state index contributed by atoms with van der Waals surface area (Å²) >= 11 is 0. The molecule has 4 heteroatoms. The van der Waals surface area contributed by atoms with E-state index in [1.54, 1.807) is 0 Å². The van der Waals surface area contributed by atoms with E-state index in [-0.39, 0.29) is 13.2 Å². The second kappa shape index (κ2) is 9.33. The molecule has 0 bridgehead atoms. The highest BCUT2D eigenvalue weighted by Crippen LogP contribution is 1.96. The van der Waals surface area contributed by atoms with E-state index in [2.05, 4.69) is 0 Å². The molecule has 0 saturated heterocycles. The van der Waals surface area contributed by atoms with Crippen LogP contribution in [0, 0.1) is 0 Å². The standard InChI is InChI=1S/C8H8O.C3H8O3/c9-7-6-8-4-2-1-3-5-8;4-1-3(6)2-5/h1-5,7H,6H2;3-6H,1-2H2. The number of carbonyl (C=O) groups excluding carboxylic acids is 1. The van der Waals surface area contributed by atoms with E-state index < -0.39 is 6.10 Å². The molecule has 0 spiro atoms. The summed E-state index contributed by atoms with van der Waals surface area (Å²) in [5.74, 6) is 0. The average molecular weight is 212 g/mol. The molecule has 1 rings (SSSR count). The van der Waals surface area contributed by atoms with Gasteiger partial charge in [0.1, 0.15) is 12.4 Å². The van der Waals surface area contributed by atoms with Crippen LogP contribution in [0.5, 0.6) is 0 Å². The van der Waals surface area contributed by atoms with E-state index in [1.165, 1.54) is 0 Å². The van der Waals surface area contributed by atoms with Gasteiger partial charge in [0.05, 0.1) is 13.2 Å². The van der Waals surface area contributed by atoms with Gasteiger partial charge in [-0.15, -0.1) is 0 Å². The van der Waals surface area contributed by atoms with E-state index in [0.29, 0.717) is 6.42 Å². The third kappa shape index (κ3) is 7.81. The molecule has 0 atom stereocenters. The Hall–Kier alpha value is -1.23. The number of aldehydes is 1. The fourth-order valence-corrected chi connectivity index (χ4v) is 0.768. The zero-order valence-corrected chi connectivity index (χ0v) is 8.41. The molecule has 4 nitrogen and oxygen atoms in total. The van der Waals surface area contributed by atoms with Crippen LogP contribution in [0.1, 0.15) is 5.56 Å². The molecule has 0 amide bonds. The van der Waals surface area contributed by atoms with Gasteiger partial charge in [0.2, 0.25) is 0 Å². The Labute approximate surface area is 88.8 Å². The lowest BCUT2D eigenvalue weighted by molar-refractivity contribution is -0.107. The van der Waals surface area contributed by atoms with Crippen molar-refractivity contribution in [3.05, 3.63) is 35.9 Å². The third-order valence-corrected chi connectivity index (χ3v) is 1.58. The minimum Gasteiger partial charge on any atom is -0.394 e. The van der Waals surface area contributed by atoms with Gasteiger partial charge in [0.15, 0.2) is 0 Å². The summed E-state index contributed by atoms with van der Waals surface area (Å²) in [6, 6.07) is 9.68. The summed E-state index contributed by atoms with van der Waals surface area (Å²) in [6.07, 6.45) is 0.487. The first-order valence-corrected chi connectivity index (χ1v) is 4.62. The average Bonchev–Trinajstić information content (AvgIpc) is 2.31. The molecule has 3 N–H and O–H groups in total. The number of hydrogen-bond donors (Lipinski definition) is 3. The van der Waals surface area contributed by atoms with Crippen LogP contribution in [0.4, 0.5) is 0 Å². The van der Waals surface area contributed by atoms with Crippen LogP contribution >= 0.6 is 0 Å². The summed E-state index contributed by atoms with van der Waals surface area (Å²) in [5.41, 5.74) is 1.08. The predicted octanol–water partition coefficient (Wildman–Crippen LogP) is -0.240. The van der Waals surface area contributed by atoms with Gasteiger partial charge >= 0.3 is 0 Å². The van der Waals surface area contributed by atoms with Gasteiger partial charge in [0, 0.05) is 6.42 Å². The molecule has 0 fully saturated rings. The van der Waals surface area contributed by atoms with Crippen molar-refractivity contribution < 1.29 is 20.1 Å². The fraction of sp³-hybridized carbons (Fsp3) is 0.364. The van der Waals surface area contributed by atoms with Crippen LogP contribution in [0.15, 0.2) is 30.3 Å². The van der Waals surface area contributed by atoms with Crippen LogP contribution in [-0.4, -0.2) is 40.9 Å². The molecule has 1 aromatic carbocycles. The molecule has 0 aliphatic carbocycles. The van der Waals surface area contributed by atoms with Crippen molar-refractivity contribution in [3.8, 4) is 0 Å². The van der Waals surface area contributed by atoms with Crippen LogP contribution < -0.4 is 0 Å².